The number of halogens is 1. The fourth-order valence-corrected chi connectivity index (χ4v) is 2.75. The molecule has 0 aromatic heterocycles. The molecule has 1 heterocycles. The summed E-state index contributed by atoms with van der Waals surface area (Å²) >= 11 is 3.41. The molecule has 0 bridgehead atoms. The second-order valence-corrected chi connectivity index (χ2v) is 5.88. The summed E-state index contributed by atoms with van der Waals surface area (Å²) in [5.74, 6) is -0.732. The van der Waals surface area contributed by atoms with Crippen LogP contribution in [0.3, 0.4) is 0 Å². The van der Waals surface area contributed by atoms with Crippen molar-refractivity contribution in [2.24, 2.45) is 0 Å². The van der Waals surface area contributed by atoms with Crippen molar-refractivity contribution in [1.29, 1.82) is 0 Å². The highest BCUT2D eigenvalue weighted by atomic mass is 79.9. The van der Waals surface area contributed by atoms with Crippen LogP contribution in [0.1, 0.15) is 32.3 Å². The number of ether oxygens (including phenoxy) is 2. The van der Waals surface area contributed by atoms with Crippen LogP contribution in [-0.2, 0) is 19.2 Å². The van der Waals surface area contributed by atoms with Gasteiger partial charge in [-0.05, 0) is 53.5 Å². The van der Waals surface area contributed by atoms with Crippen LogP contribution in [0.4, 0.5) is 0 Å². The van der Waals surface area contributed by atoms with E-state index in [9.17, 15) is 14.4 Å². The number of hydrogen-bond donors (Lipinski definition) is 0. The van der Waals surface area contributed by atoms with Crippen molar-refractivity contribution in [3.63, 3.8) is 0 Å². The molecule has 2 amide bonds. The molecule has 7 nitrogen and oxygen atoms in total. The van der Waals surface area contributed by atoms with E-state index in [-0.39, 0.29) is 12.8 Å². The number of rotatable bonds is 7. The summed E-state index contributed by atoms with van der Waals surface area (Å²) in [6.07, 6.45) is 2.74. The van der Waals surface area contributed by atoms with E-state index in [0.717, 1.165) is 6.08 Å². The number of nitrogens with zero attached hydrogens (tertiary/aromatic N) is 1. The fourth-order valence-electron chi connectivity index (χ4n) is 2.17. The first kappa shape index (κ1) is 19.0. The molecule has 25 heavy (non-hydrogen) atoms. The predicted octanol–water partition coefficient (Wildman–Crippen LogP) is 2.87. The second-order valence-electron chi connectivity index (χ2n) is 5.02. The lowest BCUT2D eigenvalue weighted by Crippen LogP contribution is -2.31. The van der Waals surface area contributed by atoms with Gasteiger partial charge in [0.15, 0.2) is 11.5 Å². The predicted molar refractivity (Wildman–Crippen MR) is 92.7 cm³/mol. The van der Waals surface area contributed by atoms with Gasteiger partial charge in [-0.1, -0.05) is 0 Å². The molecule has 0 aliphatic carbocycles. The van der Waals surface area contributed by atoms with Gasteiger partial charge in [-0.3, -0.25) is 9.59 Å². The minimum Gasteiger partial charge on any atom is -0.490 e. The molecule has 1 aromatic rings. The highest BCUT2D eigenvalue weighted by Crippen LogP contribution is 2.37. The van der Waals surface area contributed by atoms with E-state index in [1.54, 1.807) is 12.1 Å². The van der Waals surface area contributed by atoms with Gasteiger partial charge in [0.1, 0.15) is 0 Å². The summed E-state index contributed by atoms with van der Waals surface area (Å²) in [4.78, 5) is 39.4. The molecule has 1 aromatic carbocycles. The smallest absolute Gasteiger partial charge is 0.356 e. The third-order valence-corrected chi connectivity index (χ3v) is 3.81. The summed E-state index contributed by atoms with van der Waals surface area (Å²) in [5, 5.41) is 0.506. The largest absolute Gasteiger partial charge is 0.490 e. The molecule has 8 heteroatoms. The third-order valence-electron chi connectivity index (χ3n) is 3.22. The van der Waals surface area contributed by atoms with E-state index < -0.39 is 17.8 Å². The Balaban J connectivity index is 2.13. The molecular weight excluding hydrogens is 394 g/mol. The first-order valence-corrected chi connectivity index (χ1v) is 8.60. The van der Waals surface area contributed by atoms with Crippen LogP contribution in [0.5, 0.6) is 11.5 Å². The number of benzene rings is 1. The van der Waals surface area contributed by atoms with Crippen LogP contribution in [0.2, 0.25) is 0 Å². The van der Waals surface area contributed by atoms with Crippen molar-refractivity contribution in [3.8, 4) is 11.5 Å². The van der Waals surface area contributed by atoms with Crippen LogP contribution < -0.4 is 9.47 Å². The Kier molecular flexibility index (Phi) is 6.58. The molecule has 1 saturated heterocycles. The Hall–Kier alpha value is -2.35. The average Bonchev–Trinajstić information content (AvgIpc) is 2.88. The Morgan fingerprint density at radius 3 is 2.40 bits per heavy atom. The molecule has 1 aliphatic heterocycles. The van der Waals surface area contributed by atoms with Gasteiger partial charge in [-0.15, -0.1) is 5.06 Å². The first-order chi connectivity index (χ1) is 12.0. The number of hydrogen-bond acceptors (Lipinski definition) is 6. The lowest BCUT2D eigenvalue weighted by molar-refractivity contribution is -0.193. The maximum atomic E-state index is 11.8. The minimum absolute atomic E-state index is 0.0549. The van der Waals surface area contributed by atoms with Gasteiger partial charge in [0.2, 0.25) is 0 Å². The second kappa shape index (κ2) is 8.66. The molecular formula is C17H18BrNO6. The fraction of sp³-hybridized carbons (Fsp3) is 0.353. The summed E-state index contributed by atoms with van der Waals surface area (Å²) in [6, 6.07) is 3.47. The maximum Gasteiger partial charge on any atom is 0.356 e. The summed E-state index contributed by atoms with van der Waals surface area (Å²) in [5.41, 5.74) is 0.662. The number of imide groups is 1. The minimum atomic E-state index is -0.813. The van der Waals surface area contributed by atoms with Crippen molar-refractivity contribution >= 4 is 39.8 Å². The standard InChI is InChI=1S/C17H18BrNO6/c1-3-23-13-10-11(9-12(18)17(13)24-4-2)5-8-16(22)25-19-14(20)6-7-15(19)21/h5,8-10H,3-4,6-7H2,1-2H3/b8-5+. The zero-order chi connectivity index (χ0) is 18.4. The number of amides is 2. The van der Waals surface area contributed by atoms with Crippen LogP contribution in [0, 0.1) is 0 Å². The summed E-state index contributed by atoms with van der Waals surface area (Å²) in [7, 11) is 0. The van der Waals surface area contributed by atoms with Crippen LogP contribution >= 0.6 is 15.9 Å². The van der Waals surface area contributed by atoms with E-state index in [1.165, 1.54) is 6.08 Å². The topological polar surface area (TPSA) is 82.1 Å². The van der Waals surface area contributed by atoms with E-state index in [2.05, 4.69) is 15.9 Å². The van der Waals surface area contributed by atoms with Crippen LogP contribution in [0.25, 0.3) is 6.08 Å². The van der Waals surface area contributed by atoms with Gasteiger partial charge < -0.3 is 14.3 Å². The lowest BCUT2D eigenvalue weighted by Gasteiger charge is -2.13. The van der Waals surface area contributed by atoms with Gasteiger partial charge >= 0.3 is 5.97 Å². The Bertz CT molecular complexity index is 699. The molecule has 0 radical (unpaired) electrons. The Morgan fingerprint density at radius 2 is 1.80 bits per heavy atom. The van der Waals surface area contributed by atoms with E-state index in [4.69, 9.17) is 14.3 Å². The molecule has 0 spiro atoms. The van der Waals surface area contributed by atoms with Crippen molar-refractivity contribution in [2.45, 2.75) is 26.7 Å². The molecule has 2 rings (SSSR count). The van der Waals surface area contributed by atoms with Gasteiger partial charge in [-0.25, -0.2) is 4.79 Å². The van der Waals surface area contributed by atoms with Crippen molar-refractivity contribution < 1.29 is 28.7 Å². The number of carbonyl (C=O) groups excluding carboxylic acids is 3. The van der Waals surface area contributed by atoms with Crippen molar-refractivity contribution in [3.05, 3.63) is 28.2 Å². The van der Waals surface area contributed by atoms with Crippen molar-refractivity contribution in [1.82, 2.24) is 5.06 Å². The highest BCUT2D eigenvalue weighted by Gasteiger charge is 2.32. The van der Waals surface area contributed by atoms with Gasteiger partial charge in [0.05, 0.1) is 17.7 Å². The molecule has 1 aliphatic rings. The number of carbonyl (C=O) groups is 3. The van der Waals surface area contributed by atoms with Gasteiger partial charge in [0, 0.05) is 18.9 Å². The molecule has 0 saturated carbocycles. The summed E-state index contributed by atoms with van der Waals surface area (Å²) in [6.45, 7) is 4.67. The van der Waals surface area contributed by atoms with Crippen LogP contribution in [0.15, 0.2) is 22.7 Å². The van der Waals surface area contributed by atoms with E-state index in [1.807, 2.05) is 13.8 Å². The SMILES string of the molecule is CCOc1cc(/C=C/C(=O)ON2C(=O)CCC2=O)cc(Br)c1OCC. The normalized spacial score (nSPS) is 14.3. The number of hydroxylamine groups is 2. The lowest BCUT2D eigenvalue weighted by atomic mass is 10.2. The van der Waals surface area contributed by atoms with Crippen molar-refractivity contribution in [2.75, 3.05) is 13.2 Å². The molecule has 0 atom stereocenters. The third kappa shape index (κ3) is 4.82. The monoisotopic (exact) mass is 411 g/mol. The quantitative estimate of drug-likeness (QED) is 0.506. The van der Waals surface area contributed by atoms with Crippen LogP contribution in [-0.4, -0.2) is 36.1 Å². The Morgan fingerprint density at radius 1 is 1.16 bits per heavy atom. The molecule has 0 unspecified atom stereocenters. The first-order valence-electron chi connectivity index (χ1n) is 7.81. The van der Waals surface area contributed by atoms with E-state index >= 15 is 0 Å². The molecule has 1 fully saturated rings. The zero-order valence-electron chi connectivity index (χ0n) is 13.9. The maximum absolute atomic E-state index is 11.8. The molecule has 134 valence electrons. The zero-order valence-corrected chi connectivity index (χ0v) is 15.5. The van der Waals surface area contributed by atoms with Gasteiger partial charge in [0.25, 0.3) is 11.8 Å². The average molecular weight is 412 g/mol. The summed E-state index contributed by atoms with van der Waals surface area (Å²) < 4.78 is 11.8. The molecule has 0 N–H and O–H groups in total. The van der Waals surface area contributed by atoms with E-state index in [0.29, 0.717) is 39.8 Å². The Labute approximate surface area is 153 Å². The highest BCUT2D eigenvalue weighted by molar-refractivity contribution is 9.10. The van der Waals surface area contributed by atoms with Gasteiger partial charge in [-0.2, -0.15) is 0 Å².